The Labute approximate surface area is 168 Å². The Hall–Kier alpha value is -2.45. The van der Waals surface area contributed by atoms with Gasteiger partial charge in [0.25, 0.3) is 5.24 Å². The number of ketones is 1. The van der Waals surface area contributed by atoms with Crippen molar-refractivity contribution in [2.24, 2.45) is 0 Å². The van der Waals surface area contributed by atoms with Gasteiger partial charge in [-0.15, -0.1) is 0 Å². The largest absolute Gasteiger partial charge is 0.326 e. The number of thioether (sulfide) groups is 1. The summed E-state index contributed by atoms with van der Waals surface area (Å²) >= 11 is 4.09. The van der Waals surface area contributed by atoms with Crippen molar-refractivity contribution in [2.75, 3.05) is 11.9 Å². The number of hydrogen-bond acceptors (Lipinski definition) is 5. The van der Waals surface area contributed by atoms with Crippen LogP contribution in [-0.4, -0.2) is 39.5 Å². The van der Waals surface area contributed by atoms with E-state index in [0.717, 1.165) is 21.1 Å². The molecule has 1 unspecified atom stereocenters. The molecule has 2 aromatic rings. The molecule has 0 radical (unpaired) electrons. The summed E-state index contributed by atoms with van der Waals surface area (Å²) in [6.45, 7) is -0.320. The number of halogens is 1. The molecule has 1 fully saturated rings. The Bertz CT molecular complexity index is 886. The molecule has 3 amide bonds. The fourth-order valence-corrected chi connectivity index (χ4v) is 3.80. The zero-order valence-corrected chi connectivity index (χ0v) is 16.5. The topological polar surface area (TPSA) is 83.6 Å². The quantitative estimate of drug-likeness (QED) is 0.683. The van der Waals surface area contributed by atoms with Crippen molar-refractivity contribution in [3.05, 3.63) is 64.6 Å². The van der Waals surface area contributed by atoms with Crippen LogP contribution >= 0.6 is 27.7 Å². The second-order valence-corrected chi connectivity index (χ2v) is 7.91. The monoisotopic (exact) mass is 446 g/mol. The molecule has 138 valence electrons. The molecule has 6 nitrogen and oxygen atoms in total. The lowest BCUT2D eigenvalue weighted by molar-refractivity contribution is -0.128. The molecule has 0 aliphatic carbocycles. The summed E-state index contributed by atoms with van der Waals surface area (Å²) in [7, 11) is 0. The highest BCUT2D eigenvalue weighted by atomic mass is 79.9. The average Bonchev–Trinajstić information content (AvgIpc) is 2.91. The van der Waals surface area contributed by atoms with Crippen molar-refractivity contribution in [3.8, 4) is 0 Å². The number of rotatable bonds is 6. The van der Waals surface area contributed by atoms with E-state index in [1.54, 1.807) is 54.6 Å². The Balaban J connectivity index is 1.59. The number of hydrogen-bond donors (Lipinski definition) is 1. The fourth-order valence-electron chi connectivity index (χ4n) is 2.54. The van der Waals surface area contributed by atoms with Crippen LogP contribution in [-0.2, 0) is 9.59 Å². The van der Waals surface area contributed by atoms with Gasteiger partial charge in [-0.3, -0.25) is 24.1 Å². The number of imide groups is 1. The average molecular weight is 447 g/mol. The van der Waals surface area contributed by atoms with Gasteiger partial charge in [0.2, 0.25) is 11.8 Å². The van der Waals surface area contributed by atoms with Gasteiger partial charge in [-0.05, 0) is 24.3 Å². The molecule has 1 N–H and O–H groups in total. The van der Waals surface area contributed by atoms with Crippen molar-refractivity contribution in [3.63, 3.8) is 0 Å². The van der Waals surface area contributed by atoms with Crippen LogP contribution in [0.15, 0.2) is 59.1 Å². The van der Waals surface area contributed by atoms with Crippen LogP contribution in [0.5, 0.6) is 0 Å². The standard InChI is InChI=1S/C19H15BrN2O4S/c20-13-6-8-14(9-7-13)21-17(24)10-16-18(25)22(19(26)27-16)11-15(23)12-4-2-1-3-5-12/h1-9,16H,10-11H2,(H,21,24). The summed E-state index contributed by atoms with van der Waals surface area (Å²) in [6, 6.07) is 15.5. The van der Waals surface area contributed by atoms with E-state index in [9.17, 15) is 19.2 Å². The maximum absolute atomic E-state index is 12.5. The number of amides is 3. The van der Waals surface area contributed by atoms with E-state index < -0.39 is 16.4 Å². The van der Waals surface area contributed by atoms with Gasteiger partial charge in [0.05, 0.1) is 6.54 Å². The minimum atomic E-state index is -0.823. The van der Waals surface area contributed by atoms with Gasteiger partial charge in [-0.25, -0.2) is 0 Å². The molecule has 1 aliphatic heterocycles. The number of Topliss-reactive ketones (excluding diaryl/α,β-unsaturated/α-hetero) is 1. The molecule has 27 heavy (non-hydrogen) atoms. The minimum Gasteiger partial charge on any atom is -0.326 e. The van der Waals surface area contributed by atoms with Crippen LogP contribution in [0.4, 0.5) is 10.5 Å². The van der Waals surface area contributed by atoms with Crippen LogP contribution in [0.2, 0.25) is 0 Å². The zero-order chi connectivity index (χ0) is 19.4. The smallest absolute Gasteiger partial charge is 0.289 e. The second kappa shape index (κ2) is 8.49. The molecular formula is C19H15BrN2O4S. The molecule has 1 heterocycles. The molecule has 0 aromatic heterocycles. The number of benzene rings is 2. The predicted molar refractivity (Wildman–Crippen MR) is 107 cm³/mol. The fraction of sp³-hybridized carbons (Fsp3) is 0.158. The molecule has 0 bridgehead atoms. The molecule has 0 spiro atoms. The van der Waals surface area contributed by atoms with Gasteiger partial charge in [0.1, 0.15) is 5.25 Å². The van der Waals surface area contributed by atoms with E-state index in [-0.39, 0.29) is 24.7 Å². The molecule has 8 heteroatoms. The SMILES string of the molecule is O=C(CC1SC(=O)N(CC(=O)c2ccccc2)C1=O)Nc1ccc(Br)cc1. The molecule has 1 aliphatic rings. The lowest BCUT2D eigenvalue weighted by atomic mass is 10.1. The van der Waals surface area contributed by atoms with Crippen molar-refractivity contribution >= 4 is 56.2 Å². The van der Waals surface area contributed by atoms with Crippen LogP contribution in [0.3, 0.4) is 0 Å². The van der Waals surface area contributed by atoms with E-state index in [1.807, 2.05) is 0 Å². The van der Waals surface area contributed by atoms with Crippen molar-refractivity contribution in [2.45, 2.75) is 11.7 Å². The maximum atomic E-state index is 12.5. The lowest BCUT2D eigenvalue weighted by Gasteiger charge is -2.13. The van der Waals surface area contributed by atoms with Gasteiger partial charge < -0.3 is 5.32 Å². The highest BCUT2D eigenvalue weighted by molar-refractivity contribution is 9.10. The van der Waals surface area contributed by atoms with Crippen LogP contribution < -0.4 is 5.32 Å². The third-order valence-electron chi connectivity index (χ3n) is 3.90. The number of nitrogens with one attached hydrogen (secondary N) is 1. The van der Waals surface area contributed by atoms with E-state index in [2.05, 4.69) is 21.2 Å². The highest BCUT2D eigenvalue weighted by Gasteiger charge is 2.41. The Kier molecular flexibility index (Phi) is 6.08. The Morgan fingerprint density at radius 1 is 1.04 bits per heavy atom. The van der Waals surface area contributed by atoms with Gasteiger partial charge in [0.15, 0.2) is 5.78 Å². The first-order chi connectivity index (χ1) is 12.9. The van der Waals surface area contributed by atoms with E-state index in [1.165, 1.54) is 0 Å². The number of nitrogens with zero attached hydrogens (tertiary/aromatic N) is 1. The van der Waals surface area contributed by atoms with Gasteiger partial charge in [-0.2, -0.15) is 0 Å². The van der Waals surface area contributed by atoms with Gasteiger partial charge >= 0.3 is 0 Å². The van der Waals surface area contributed by atoms with Crippen LogP contribution in [0, 0.1) is 0 Å². The predicted octanol–water partition coefficient (Wildman–Crippen LogP) is 3.72. The first kappa shape index (κ1) is 19.3. The van der Waals surface area contributed by atoms with Gasteiger partial charge in [0, 0.05) is 22.1 Å². The molecule has 0 saturated carbocycles. The van der Waals surface area contributed by atoms with E-state index in [0.29, 0.717) is 11.3 Å². The highest BCUT2D eigenvalue weighted by Crippen LogP contribution is 2.29. The molecule has 1 atom stereocenters. The van der Waals surface area contributed by atoms with E-state index in [4.69, 9.17) is 0 Å². The zero-order valence-electron chi connectivity index (χ0n) is 14.1. The lowest BCUT2D eigenvalue weighted by Crippen LogP contribution is -2.36. The Morgan fingerprint density at radius 3 is 2.37 bits per heavy atom. The normalized spacial score (nSPS) is 16.5. The summed E-state index contributed by atoms with van der Waals surface area (Å²) in [5, 5.41) is 1.36. The third-order valence-corrected chi connectivity index (χ3v) is 5.50. The van der Waals surface area contributed by atoms with Crippen molar-refractivity contribution in [1.29, 1.82) is 0 Å². The van der Waals surface area contributed by atoms with Crippen LogP contribution in [0.25, 0.3) is 0 Å². The maximum Gasteiger partial charge on any atom is 0.289 e. The van der Waals surface area contributed by atoms with Gasteiger partial charge in [-0.1, -0.05) is 58.0 Å². The summed E-state index contributed by atoms with van der Waals surface area (Å²) in [5.74, 6) is -1.20. The van der Waals surface area contributed by atoms with E-state index >= 15 is 0 Å². The minimum absolute atomic E-state index is 0.138. The summed E-state index contributed by atoms with van der Waals surface area (Å²) in [4.78, 5) is 49.9. The molecular weight excluding hydrogens is 432 g/mol. The third kappa shape index (κ3) is 4.84. The Morgan fingerprint density at radius 2 is 1.70 bits per heavy atom. The summed E-state index contributed by atoms with van der Waals surface area (Å²) < 4.78 is 0.881. The number of carbonyl (C=O) groups excluding carboxylic acids is 4. The number of carbonyl (C=O) groups is 4. The molecule has 3 rings (SSSR count). The van der Waals surface area contributed by atoms with Crippen LogP contribution in [0.1, 0.15) is 16.8 Å². The second-order valence-electron chi connectivity index (χ2n) is 5.85. The van der Waals surface area contributed by atoms with Crippen molar-refractivity contribution < 1.29 is 19.2 Å². The molecule has 2 aromatic carbocycles. The molecule has 1 saturated heterocycles. The summed E-state index contributed by atoms with van der Waals surface area (Å²) in [6.07, 6.45) is -0.138. The summed E-state index contributed by atoms with van der Waals surface area (Å²) in [5.41, 5.74) is 1.03. The first-order valence-corrected chi connectivity index (χ1v) is 9.77. The van der Waals surface area contributed by atoms with Crippen molar-refractivity contribution in [1.82, 2.24) is 4.90 Å². The number of anilines is 1. The first-order valence-electron chi connectivity index (χ1n) is 8.09.